The van der Waals surface area contributed by atoms with E-state index in [-0.39, 0.29) is 5.75 Å². The van der Waals surface area contributed by atoms with Gasteiger partial charge in [-0.1, -0.05) is 30.3 Å². The van der Waals surface area contributed by atoms with Crippen molar-refractivity contribution in [3.05, 3.63) is 54.2 Å². The number of ether oxygens (including phenoxy) is 1. The van der Waals surface area contributed by atoms with E-state index in [1.807, 2.05) is 36.4 Å². The summed E-state index contributed by atoms with van der Waals surface area (Å²) in [6, 6.07) is 13.2. The summed E-state index contributed by atoms with van der Waals surface area (Å²) in [6.07, 6.45) is 2.04. The lowest BCUT2D eigenvalue weighted by Gasteiger charge is -2.27. The van der Waals surface area contributed by atoms with Crippen molar-refractivity contribution in [1.82, 2.24) is 4.98 Å². The number of rotatable bonds is 6. The van der Waals surface area contributed by atoms with Crippen molar-refractivity contribution in [1.29, 1.82) is 0 Å². The second-order valence-corrected chi connectivity index (χ2v) is 7.50. The third-order valence-corrected chi connectivity index (χ3v) is 5.15. The Balaban J connectivity index is 1.58. The SMILES string of the molecule is O=S(=O)(CCc1ccccc1)Nc1ccc(N2CCOCC2)nc1. The van der Waals surface area contributed by atoms with Gasteiger partial charge < -0.3 is 9.64 Å². The maximum Gasteiger partial charge on any atom is 0.233 e. The minimum Gasteiger partial charge on any atom is -0.378 e. The van der Waals surface area contributed by atoms with Crippen LogP contribution in [0.4, 0.5) is 11.5 Å². The van der Waals surface area contributed by atoms with E-state index in [1.165, 1.54) is 0 Å². The van der Waals surface area contributed by atoms with Crippen molar-refractivity contribution in [3.8, 4) is 0 Å². The van der Waals surface area contributed by atoms with E-state index >= 15 is 0 Å². The number of aryl methyl sites for hydroxylation is 1. The molecule has 1 aromatic heterocycles. The molecule has 2 heterocycles. The molecule has 0 radical (unpaired) electrons. The van der Waals surface area contributed by atoms with Crippen LogP contribution in [0.15, 0.2) is 48.7 Å². The molecule has 1 N–H and O–H groups in total. The molecule has 128 valence electrons. The largest absolute Gasteiger partial charge is 0.378 e. The van der Waals surface area contributed by atoms with Crippen LogP contribution in [0.25, 0.3) is 0 Å². The van der Waals surface area contributed by atoms with Crippen LogP contribution in [0.2, 0.25) is 0 Å². The smallest absolute Gasteiger partial charge is 0.233 e. The van der Waals surface area contributed by atoms with Gasteiger partial charge in [0.2, 0.25) is 10.0 Å². The van der Waals surface area contributed by atoms with Crippen LogP contribution >= 0.6 is 0 Å². The summed E-state index contributed by atoms with van der Waals surface area (Å²) in [4.78, 5) is 6.47. The lowest BCUT2D eigenvalue weighted by Crippen LogP contribution is -2.36. The van der Waals surface area contributed by atoms with Gasteiger partial charge in [0, 0.05) is 13.1 Å². The molecule has 0 amide bonds. The molecular formula is C17H21N3O3S. The van der Waals surface area contributed by atoms with Gasteiger partial charge >= 0.3 is 0 Å². The minimum absolute atomic E-state index is 0.0439. The first-order valence-electron chi connectivity index (χ1n) is 7.95. The number of nitrogens with zero attached hydrogens (tertiary/aromatic N) is 2. The molecular weight excluding hydrogens is 326 g/mol. The Morgan fingerprint density at radius 2 is 1.83 bits per heavy atom. The third-order valence-electron chi connectivity index (χ3n) is 3.86. The zero-order chi connectivity index (χ0) is 16.8. The summed E-state index contributed by atoms with van der Waals surface area (Å²) in [6.45, 7) is 2.98. The first kappa shape index (κ1) is 16.7. The number of morpholine rings is 1. The van der Waals surface area contributed by atoms with E-state index in [1.54, 1.807) is 12.3 Å². The molecule has 24 heavy (non-hydrogen) atoms. The van der Waals surface area contributed by atoms with Crippen molar-refractivity contribution in [3.63, 3.8) is 0 Å². The Morgan fingerprint density at radius 3 is 2.50 bits per heavy atom. The van der Waals surface area contributed by atoms with Gasteiger partial charge in [-0.05, 0) is 24.1 Å². The fraction of sp³-hybridized carbons (Fsp3) is 0.353. The quantitative estimate of drug-likeness (QED) is 0.864. The summed E-state index contributed by atoms with van der Waals surface area (Å²) < 4.78 is 32.3. The number of hydrogen-bond acceptors (Lipinski definition) is 5. The number of nitrogens with one attached hydrogen (secondary N) is 1. The van der Waals surface area contributed by atoms with E-state index in [2.05, 4.69) is 14.6 Å². The highest BCUT2D eigenvalue weighted by Gasteiger charge is 2.14. The lowest BCUT2D eigenvalue weighted by atomic mass is 10.2. The Hall–Kier alpha value is -2.12. The zero-order valence-electron chi connectivity index (χ0n) is 13.4. The average molecular weight is 347 g/mol. The summed E-state index contributed by atoms with van der Waals surface area (Å²) in [5, 5.41) is 0. The van der Waals surface area contributed by atoms with Crippen LogP contribution in [0.3, 0.4) is 0 Å². The first-order valence-corrected chi connectivity index (χ1v) is 9.61. The maximum absolute atomic E-state index is 12.2. The number of sulfonamides is 1. The lowest BCUT2D eigenvalue weighted by molar-refractivity contribution is 0.122. The van der Waals surface area contributed by atoms with E-state index in [9.17, 15) is 8.42 Å². The molecule has 7 heteroatoms. The molecule has 1 saturated heterocycles. The van der Waals surface area contributed by atoms with Crippen LogP contribution in [-0.2, 0) is 21.2 Å². The van der Waals surface area contributed by atoms with Crippen LogP contribution in [0.5, 0.6) is 0 Å². The standard InChI is InChI=1S/C17H21N3O3S/c21-24(22,13-8-15-4-2-1-3-5-15)19-16-6-7-17(18-14-16)20-9-11-23-12-10-20/h1-7,14,19H,8-13H2. The van der Waals surface area contributed by atoms with Gasteiger partial charge in [0.1, 0.15) is 5.82 Å². The van der Waals surface area contributed by atoms with Gasteiger partial charge in [-0.15, -0.1) is 0 Å². The van der Waals surface area contributed by atoms with Crippen molar-refractivity contribution < 1.29 is 13.2 Å². The van der Waals surface area contributed by atoms with Gasteiger partial charge in [0.05, 0.1) is 30.9 Å². The van der Waals surface area contributed by atoms with Crippen LogP contribution in [0, 0.1) is 0 Å². The molecule has 1 aliphatic rings. The predicted octanol–water partition coefficient (Wildman–Crippen LogP) is 1.90. The van der Waals surface area contributed by atoms with Gasteiger partial charge in [-0.3, -0.25) is 4.72 Å². The Morgan fingerprint density at radius 1 is 1.08 bits per heavy atom. The van der Waals surface area contributed by atoms with Crippen LogP contribution < -0.4 is 9.62 Å². The molecule has 0 atom stereocenters. The molecule has 1 aromatic carbocycles. The average Bonchev–Trinajstić information content (AvgIpc) is 2.62. The highest BCUT2D eigenvalue weighted by atomic mass is 32.2. The number of benzene rings is 1. The molecule has 2 aromatic rings. The fourth-order valence-corrected chi connectivity index (χ4v) is 3.64. The number of aromatic nitrogens is 1. The molecule has 1 aliphatic heterocycles. The third kappa shape index (κ3) is 4.69. The highest BCUT2D eigenvalue weighted by Crippen LogP contribution is 2.16. The molecule has 0 bridgehead atoms. The molecule has 0 saturated carbocycles. The van der Waals surface area contributed by atoms with Crippen molar-refractivity contribution >= 4 is 21.5 Å². The summed E-state index contributed by atoms with van der Waals surface area (Å²) in [5.41, 5.74) is 1.49. The molecule has 0 aliphatic carbocycles. The fourth-order valence-electron chi connectivity index (χ4n) is 2.55. The van der Waals surface area contributed by atoms with Crippen LogP contribution in [-0.4, -0.2) is 45.5 Å². The molecule has 0 spiro atoms. The van der Waals surface area contributed by atoms with Crippen LogP contribution in [0.1, 0.15) is 5.56 Å². The minimum atomic E-state index is -3.39. The van der Waals surface area contributed by atoms with Gasteiger partial charge in [-0.2, -0.15) is 0 Å². The zero-order valence-corrected chi connectivity index (χ0v) is 14.2. The normalized spacial score (nSPS) is 15.2. The van der Waals surface area contributed by atoms with Crippen molar-refractivity contribution in [2.75, 3.05) is 41.7 Å². The Kier molecular flexibility index (Phi) is 5.32. The van der Waals surface area contributed by atoms with E-state index in [4.69, 9.17) is 4.74 Å². The van der Waals surface area contributed by atoms with Crippen molar-refractivity contribution in [2.24, 2.45) is 0 Å². The highest BCUT2D eigenvalue weighted by molar-refractivity contribution is 7.92. The topological polar surface area (TPSA) is 71.5 Å². The maximum atomic E-state index is 12.2. The molecule has 6 nitrogen and oxygen atoms in total. The van der Waals surface area contributed by atoms with Gasteiger partial charge in [0.25, 0.3) is 0 Å². The van der Waals surface area contributed by atoms with Gasteiger partial charge in [-0.25, -0.2) is 13.4 Å². The Labute approximate surface area is 142 Å². The van der Waals surface area contributed by atoms with E-state index < -0.39 is 10.0 Å². The number of anilines is 2. The Bertz CT molecular complexity index is 742. The molecule has 3 rings (SSSR count). The first-order chi connectivity index (χ1) is 11.6. The van der Waals surface area contributed by atoms with Crippen molar-refractivity contribution in [2.45, 2.75) is 6.42 Å². The second-order valence-electron chi connectivity index (χ2n) is 5.66. The second kappa shape index (κ2) is 7.63. The summed E-state index contributed by atoms with van der Waals surface area (Å²) >= 11 is 0. The molecule has 0 unspecified atom stereocenters. The number of hydrogen-bond donors (Lipinski definition) is 1. The summed E-state index contributed by atoms with van der Waals surface area (Å²) in [5.74, 6) is 0.882. The molecule has 1 fully saturated rings. The predicted molar refractivity (Wildman–Crippen MR) is 94.8 cm³/mol. The van der Waals surface area contributed by atoms with E-state index in [0.717, 1.165) is 24.5 Å². The monoisotopic (exact) mass is 347 g/mol. The summed E-state index contributed by atoms with van der Waals surface area (Å²) in [7, 11) is -3.39. The van der Waals surface area contributed by atoms with E-state index in [0.29, 0.717) is 25.3 Å². The van der Waals surface area contributed by atoms with Gasteiger partial charge in [0.15, 0.2) is 0 Å². The number of pyridine rings is 1.